The lowest BCUT2D eigenvalue weighted by molar-refractivity contribution is -0.130. The molecule has 9 nitrogen and oxygen atoms in total. The second-order valence-corrected chi connectivity index (χ2v) is 7.22. The van der Waals surface area contributed by atoms with E-state index in [1.165, 1.54) is 0 Å². The van der Waals surface area contributed by atoms with E-state index in [1.807, 2.05) is 23.0 Å². The normalized spacial score (nSPS) is 19.6. The van der Waals surface area contributed by atoms with Gasteiger partial charge in [0, 0.05) is 59.9 Å². The van der Waals surface area contributed by atoms with E-state index >= 15 is 0 Å². The Morgan fingerprint density at radius 2 is 2.00 bits per heavy atom. The molecule has 0 radical (unpaired) electrons. The molecule has 0 aromatic carbocycles. The summed E-state index contributed by atoms with van der Waals surface area (Å²) in [7, 11) is 3.59. The van der Waals surface area contributed by atoms with Crippen LogP contribution in [0.5, 0.6) is 0 Å². The van der Waals surface area contributed by atoms with Crippen LogP contribution in [0.1, 0.15) is 19.8 Å². The van der Waals surface area contributed by atoms with E-state index in [0.29, 0.717) is 19.0 Å². The number of nitrogens with zero attached hydrogens (tertiary/aromatic N) is 6. The molecule has 2 aliphatic rings. The van der Waals surface area contributed by atoms with Crippen LogP contribution in [0.4, 0.5) is 5.69 Å². The summed E-state index contributed by atoms with van der Waals surface area (Å²) in [5.41, 5.74) is 0.835. The van der Waals surface area contributed by atoms with Crippen LogP contribution in [0.15, 0.2) is 17.4 Å². The molecule has 0 spiro atoms. The van der Waals surface area contributed by atoms with Crippen LogP contribution in [0, 0.1) is 5.92 Å². The van der Waals surface area contributed by atoms with E-state index in [9.17, 15) is 9.59 Å². The Labute approximate surface area is 160 Å². The minimum absolute atomic E-state index is 0.0481. The first-order valence-electron chi connectivity index (χ1n) is 9.48. The molecule has 3 rings (SSSR count). The summed E-state index contributed by atoms with van der Waals surface area (Å²) in [5.74, 6) is 1.49. The van der Waals surface area contributed by atoms with Gasteiger partial charge >= 0.3 is 0 Å². The molecule has 1 aromatic heterocycles. The van der Waals surface area contributed by atoms with Gasteiger partial charge in [0.1, 0.15) is 6.54 Å². The first-order valence-corrected chi connectivity index (χ1v) is 9.48. The maximum atomic E-state index is 12.6. The van der Waals surface area contributed by atoms with E-state index in [-0.39, 0.29) is 11.8 Å². The van der Waals surface area contributed by atoms with Crippen LogP contribution >= 0.6 is 0 Å². The molecule has 27 heavy (non-hydrogen) atoms. The average Bonchev–Trinajstić information content (AvgIpc) is 3.09. The standard InChI is InChI=1S/C18H29N7O2/c1-14(26)23-6-4-15(5-7-23)10-20-18(19-2)24-8-9-25(17(27)13-24)16-11-21-22(3)12-16/h11-12,15H,4-10,13H2,1-3H3,(H,19,20). The van der Waals surface area contributed by atoms with Gasteiger partial charge < -0.3 is 20.0 Å². The predicted molar refractivity (Wildman–Crippen MR) is 103 cm³/mol. The van der Waals surface area contributed by atoms with Crippen molar-refractivity contribution in [2.75, 3.05) is 51.2 Å². The van der Waals surface area contributed by atoms with Crippen molar-refractivity contribution in [2.24, 2.45) is 18.0 Å². The van der Waals surface area contributed by atoms with Crippen molar-refractivity contribution in [1.29, 1.82) is 0 Å². The summed E-state index contributed by atoms with van der Waals surface area (Å²) in [6.07, 6.45) is 5.57. The van der Waals surface area contributed by atoms with Gasteiger partial charge in [-0.15, -0.1) is 0 Å². The van der Waals surface area contributed by atoms with Crippen molar-refractivity contribution in [3.8, 4) is 0 Å². The number of carbonyl (C=O) groups is 2. The number of aromatic nitrogens is 2. The van der Waals surface area contributed by atoms with Crippen molar-refractivity contribution < 1.29 is 9.59 Å². The molecule has 2 fully saturated rings. The number of hydrogen-bond acceptors (Lipinski definition) is 4. The number of likely N-dealkylation sites (tertiary alicyclic amines) is 1. The number of amides is 2. The van der Waals surface area contributed by atoms with Gasteiger partial charge in [0.2, 0.25) is 11.8 Å². The van der Waals surface area contributed by atoms with Crippen molar-refractivity contribution in [2.45, 2.75) is 19.8 Å². The van der Waals surface area contributed by atoms with E-state index in [0.717, 1.165) is 50.7 Å². The highest BCUT2D eigenvalue weighted by atomic mass is 16.2. The number of guanidine groups is 1. The summed E-state index contributed by atoms with van der Waals surface area (Å²) in [6, 6.07) is 0. The van der Waals surface area contributed by atoms with Crippen LogP contribution in [-0.2, 0) is 16.6 Å². The van der Waals surface area contributed by atoms with Gasteiger partial charge in [-0.1, -0.05) is 0 Å². The fourth-order valence-corrected chi connectivity index (χ4v) is 3.69. The van der Waals surface area contributed by atoms with Gasteiger partial charge in [0.05, 0.1) is 11.9 Å². The number of rotatable bonds is 3. The summed E-state index contributed by atoms with van der Waals surface area (Å²) >= 11 is 0. The lowest BCUT2D eigenvalue weighted by Gasteiger charge is -2.36. The number of anilines is 1. The number of carbonyl (C=O) groups excluding carboxylic acids is 2. The topological polar surface area (TPSA) is 86.1 Å². The van der Waals surface area contributed by atoms with Crippen molar-refractivity contribution in [3.63, 3.8) is 0 Å². The smallest absolute Gasteiger partial charge is 0.246 e. The SMILES string of the molecule is CN=C(NCC1CCN(C(C)=O)CC1)N1CCN(c2cnn(C)c2)C(=O)C1. The Morgan fingerprint density at radius 3 is 2.56 bits per heavy atom. The van der Waals surface area contributed by atoms with E-state index in [2.05, 4.69) is 15.4 Å². The summed E-state index contributed by atoms with van der Waals surface area (Å²) in [6.45, 7) is 5.73. The monoisotopic (exact) mass is 375 g/mol. The van der Waals surface area contributed by atoms with Crippen LogP contribution in [-0.4, -0.2) is 83.7 Å². The quantitative estimate of drug-likeness (QED) is 0.589. The number of aryl methyl sites for hydroxylation is 1. The first-order chi connectivity index (χ1) is 13.0. The minimum atomic E-state index is 0.0481. The summed E-state index contributed by atoms with van der Waals surface area (Å²) in [4.78, 5) is 34.0. The zero-order valence-electron chi connectivity index (χ0n) is 16.4. The van der Waals surface area contributed by atoms with Gasteiger partial charge in [-0.05, 0) is 18.8 Å². The Kier molecular flexibility index (Phi) is 5.98. The van der Waals surface area contributed by atoms with Crippen LogP contribution < -0.4 is 10.2 Å². The third kappa shape index (κ3) is 4.58. The van der Waals surface area contributed by atoms with Crippen LogP contribution in [0.2, 0.25) is 0 Å². The Morgan fingerprint density at radius 1 is 1.26 bits per heavy atom. The number of nitrogens with one attached hydrogen (secondary N) is 1. The molecule has 1 N–H and O–H groups in total. The molecule has 9 heteroatoms. The molecule has 2 aliphatic heterocycles. The van der Waals surface area contributed by atoms with Gasteiger partial charge in [-0.2, -0.15) is 5.10 Å². The molecular weight excluding hydrogens is 346 g/mol. The molecule has 0 atom stereocenters. The second kappa shape index (κ2) is 8.41. The van der Waals surface area contributed by atoms with Gasteiger partial charge in [-0.25, -0.2) is 0 Å². The maximum Gasteiger partial charge on any atom is 0.246 e. The van der Waals surface area contributed by atoms with Gasteiger partial charge in [0.15, 0.2) is 5.96 Å². The molecule has 0 unspecified atom stereocenters. The van der Waals surface area contributed by atoms with E-state index < -0.39 is 0 Å². The minimum Gasteiger partial charge on any atom is -0.356 e. The lowest BCUT2D eigenvalue weighted by atomic mass is 9.97. The molecule has 148 valence electrons. The highest BCUT2D eigenvalue weighted by Crippen LogP contribution is 2.18. The van der Waals surface area contributed by atoms with E-state index in [1.54, 1.807) is 29.7 Å². The summed E-state index contributed by atoms with van der Waals surface area (Å²) in [5, 5.41) is 7.56. The zero-order valence-corrected chi connectivity index (χ0v) is 16.4. The molecular formula is C18H29N7O2. The molecule has 2 saturated heterocycles. The Balaban J connectivity index is 1.49. The third-order valence-corrected chi connectivity index (χ3v) is 5.34. The Bertz CT molecular complexity index is 706. The van der Waals surface area contributed by atoms with E-state index in [4.69, 9.17) is 0 Å². The number of hydrogen-bond donors (Lipinski definition) is 1. The van der Waals surface area contributed by atoms with Gasteiger partial charge in [-0.3, -0.25) is 19.3 Å². The highest BCUT2D eigenvalue weighted by Gasteiger charge is 2.28. The van der Waals surface area contributed by atoms with Crippen molar-refractivity contribution in [1.82, 2.24) is 24.9 Å². The average molecular weight is 375 g/mol. The van der Waals surface area contributed by atoms with Crippen molar-refractivity contribution >= 4 is 23.5 Å². The van der Waals surface area contributed by atoms with Crippen molar-refractivity contribution in [3.05, 3.63) is 12.4 Å². The van der Waals surface area contributed by atoms with Crippen LogP contribution in [0.25, 0.3) is 0 Å². The molecule has 0 aliphatic carbocycles. The molecule has 2 amide bonds. The number of piperidine rings is 1. The maximum absolute atomic E-state index is 12.6. The van der Waals surface area contributed by atoms with Crippen LogP contribution in [0.3, 0.4) is 0 Å². The molecule has 3 heterocycles. The molecule has 0 saturated carbocycles. The lowest BCUT2D eigenvalue weighted by Crippen LogP contribution is -2.56. The molecule has 1 aromatic rings. The fraction of sp³-hybridized carbons (Fsp3) is 0.667. The number of piperazine rings is 1. The third-order valence-electron chi connectivity index (χ3n) is 5.34. The fourth-order valence-electron chi connectivity index (χ4n) is 3.69. The zero-order chi connectivity index (χ0) is 19.4. The molecule has 0 bridgehead atoms. The largest absolute Gasteiger partial charge is 0.356 e. The van der Waals surface area contributed by atoms with Gasteiger partial charge in [0.25, 0.3) is 0 Å². The Hall–Kier alpha value is -2.58. The predicted octanol–water partition coefficient (Wildman–Crippen LogP) is -0.0974. The highest BCUT2D eigenvalue weighted by molar-refractivity contribution is 5.98. The second-order valence-electron chi connectivity index (χ2n) is 7.22. The first kappa shape index (κ1) is 19.2. The number of aliphatic imine (C=N–C) groups is 1. The summed E-state index contributed by atoms with van der Waals surface area (Å²) < 4.78 is 1.70.